The molecular formula is C14H19BrFNO2. The first kappa shape index (κ1) is 16.0. The van der Waals surface area contributed by atoms with Gasteiger partial charge in [-0.15, -0.1) is 0 Å². The maximum Gasteiger partial charge on any atom is 0.261 e. The lowest BCUT2D eigenvalue weighted by molar-refractivity contribution is -0.129. The third-order valence-electron chi connectivity index (χ3n) is 2.91. The van der Waals surface area contributed by atoms with E-state index in [4.69, 9.17) is 4.74 Å². The zero-order valence-electron chi connectivity index (χ0n) is 11.6. The van der Waals surface area contributed by atoms with Gasteiger partial charge >= 0.3 is 0 Å². The van der Waals surface area contributed by atoms with Crippen molar-refractivity contribution in [1.29, 1.82) is 0 Å². The number of carbonyl (C=O) groups is 1. The van der Waals surface area contributed by atoms with E-state index in [1.807, 2.05) is 20.8 Å². The second-order valence-corrected chi connectivity index (χ2v) is 5.92. The van der Waals surface area contributed by atoms with Crippen LogP contribution in [0.15, 0.2) is 22.7 Å². The zero-order valence-corrected chi connectivity index (χ0v) is 13.2. The van der Waals surface area contributed by atoms with E-state index in [2.05, 4.69) is 21.2 Å². The Bertz CT molecular complexity index is 463. The molecule has 1 amide bonds. The highest BCUT2D eigenvalue weighted by Crippen LogP contribution is 2.26. The maximum absolute atomic E-state index is 13.1. The molecule has 0 bridgehead atoms. The van der Waals surface area contributed by atoms with Crippen LogP contribution >= 0.6 is 15.9 Å². The molecule has 0 spiro atoms. The average molecular weight is 332 g/mol. The molecule has 0 aliphatic carbocycles. The van der Waals surface area contributed by atoms with Crippen molar-refractivity contribution in [3.63, 3.8) is 0 Å². The van der Waals surface area contributed by atoms with Crippen molar-refractivity contribution in [3.8, 4) is 5.75 Å². The Balaban J connectivity index is 2.71. The van der Waals surface area contributed by atoms with Crippen LogP contribution in [0.1, 0.15) is 34.1 Å². The van der Waals surface area contributed by atoms with Crippen LogP contribution in [-0.2, 0) is 4.79 Å². The monoisotopic (exact) mass is 331 g/mol. The Hall–Kier alpha value is -1.10. The first-order chi connectivity index (χ1) is 8.75. The number of halogens is 2. The Morgan fingerprint density at radius 1 is 1.53 bits per heavy atom. The second kappa shape index (κ2) is 6.37. The van der Waals surface area contributed by atoms with Gasteiger partial charge in [-0.25, -0.2) is 4.39 Å². The summed E-state index contributed by atoms with van der Waals surface area (Å²) in [4.78, 5) is 12.0. The van der Waals surface area contributed by atoms with Gasteiger partial charge in [-0.2, -0.15) is 0 Å². The van der Waals surface area contributed by atoms with Gasteiger partial charge in [-0.3, -0.25) is 4.79 Å². The summed E-state index contributed by atoms with van der Waals surface area (Å²) in [6, 6.07) is 4.12. The minimum absolute atomic E-state index is 0.219. The molecule has 0 aliphatic heterocycles. The van der Waals surface area contributed by atoms with Gasteiger partial charge in [0.15, 0.2) is 6.10 Å². The molecule has 5 heteroatoms. The Kier molecular flexibility index (Phi) is 5.35. The average Bonchev–Trinajstić information content (AvgIpc) is 2.33. The van der Waals surface area contributed by atoms with Crippen molar-refractivity contribution >= 4 is 21.8 Å². The van der Waals surface area contributed by atoms with Crippen molar-refractivity contribution in [3.05, 3.63) is 28.5 Å². The number of rotatable bonds is 5. The standard InChI is InChI=1S/C14H19BrFNO2/c1-5-14(3,4)17-13(18)9(2)19-12-8-10(16)6-7-11(12)15/h6-9H,5H2,1-4H3,(H,17,18). The molecule has 1 atom stereocenters. The Labute approximate surface area is 121 Å². The van der Waals surface area contributed by atoms with E-state index >= 15 is 0 Å². The molecule has 3 nitrogen and oxygen atoms in total. The van der Waals surface area contributed by atoms with Crippen LogP contribution in [0.5, 0.6) is 5.75 Å². The molecule has 1 rings (SSSR count). The zero-order chi connectivity index (χ0) is 14.6. The Morgan fingerprint density at radius 2 is 2.16 bits per heavy atom. The predicted octanol–water partition coefficient (Wildman–Crippen LogP) is 3.66. The molecule has 1 unspecified atom stereocenters. The molecule has 0 aliphatic rings. The van der Waals surface area contributed by atoms with Gasteiger partial charge in [0.2, 0.25) is 0 Å². The van der Waals surface area contributed by atoms with Gasteiger partial charge in [-0.1, -0.05) is 6.92 Å². The summed E-state index contributed by atoms with van der Waals surface area (Å²) in [5.41, 5.74) is -0.284. The smallest absolute Gasteiger partial charge is 0.261 e. The van der Waals surface area contributed by atoms with Gasteiger partial charge in [0.25, 0.3) is 5.91 Å². The first-order valence-corrected chi connectivity index (χ1v) is 6.98. The van der Waals surface area contributed by atoms with Crippen molar-refractivity contribution < 1.29 is 13.9 Å². The SMILES string of the molecule is CCC(C)(C)NC(=O)C(C)Oc1cc(F)ccc1Br. The number of ether oxygens (including phenoxy) is 1. The molecule has 0 radical (unpaired) electrons. The summed E-state index contributed by atoms with van der Waals surface area (Å²) in [6.07, 6.45) is 0.124. The Morgan fingerprint density at radius 3 is 2.74 bits per heavy atom. The molecule has 0 heterocycles. The van der Waals surface area contributed by atoms with E-state index in [0.29, 0.717) is 10.2 Å². The predicted molar refractivity (Wildman–Crippen MR) is 76.7 cm³/mol. The van der Waals surface area contributed by atoms with E-state index in [0.717, 1.165) is 6.42 Å². The van der Waals surface area contributed by atoms with E-state index in [-0.39, 0.29) is 11.4 Å². The molecule has 0 saturated carbocycles. The number of amides is 1. The van der Waals surface area contributed by atoms with Gasteiger partial charge in [0.05, 0.1) is 4.47 Å². The molecule has 0 saturated heterocycles. The summed E-state index contributed by atoms with van der Waals surface area (Å²) in [5, 5.41) is 2.89. The van der Waals surface area contributed by atoms with Crippen LogP contribution < -0.4 is 10.1 Å². The number of carbonyl (C=O) groups excluding carboxylic acids is 1. The van der Waals surface area contributed by atoms with Crippen molar-refractivity contribution in [2.75, 3.05) is 0 Å². The highest BCUT2D eigenvalue weighted by Gasteiger charge is 2.23. The van der Waals surface area contributed by atoms with E-state index in [9.17, 15) is 9.18 Å². The van der Waals surface area contributed by atoms with Gasteiger partial charge < -0.3 is 10.1 Å². The van der Waals surface area contributed by atoms with Crippen LogP contribution in [0.2, 0.25) is 0 Å². The number of nitrogens with one attached hydrogen (secondary N) is 1. The summed E-state index contributed by atoms with van der Waals surface area (Å²) in [5.74, 6) is -0.306. The van der Waals surface area contributed by atoms with Gasteiger partial charge in [-0.05, 0) is 55.3 Å². The second-order valence-electron chi connectivity index (χ2n) is 5.06. The quantitative estimate of drug-likeness (QED) is 0.894. The van der Waals surface area contributed by atoms with Gasteiger partial charge in [0.1, 0.15) is 11.6 Å². The van der Waals surface area contributed by atoms with Crippen LogP contribution in [0.3, 0.4) is 0 Å². The minimum Gasteiger partial charge on any atom is -0.480 e. The van der Waals surface area contributed by atoms with Crippen molar-refractivity contribution in [1.82, 2.24) is 5.32 Å². The maximum atomic E-state index is 13.1. The molecule has 1 aromatic rings. The third kappa shape index (κ3) is 4.82. The highest BCUT2D eigenvalue weighted by molar-refractivity contribution is 9.10. The summed E-state index contributed by atoms with van der Waals surface area (Å²) in [7, 11) is 0. The van der Waals surface area contributed by atoms with Crippen molar-refractivity contribution in [2.24, 2.45) is 0 Å². The van der Waals surface area contributed by atoms with Gasteiger partial charge in [0, 0.05) is 11.6 Å². The van der Waals surface area contributed by atoms with Crippen LogP contribution in [0.25, 0.3) is 0 Å². The summed E-state index contributed by atoms with van der Waals surface area (Å²) in [6.45, 7) is 7.51. The molecule has 1 aromatic carbocycles. The molecule has 106 valence electrons. The fourth-order valence-corrected chi connectivity index (χ4v) is 1.68. The van der Waals surface area contributed by atoms with Crippen molar-refractivity contribution in [2.45, 2.75) is 45.8 Å². The number of hydrogen-bond donors (Lipinski definition) is 1. The fourth-order valence-electron chi connectivity index (χ4n) is 1.34. The number of benzene rings is 1. The largest absolute Gasteiger partial charge is 0.480 e. The lowest BCUT2D eigenvalue weighted by Crippen LogP contribution is -2.48. The lowest BCUT2D eigenvalue weighted by atomic mass is 10.0. The summed E-state index contributed by atoms with van der Waals surface area (Å²) < 4.78 is 19.2. The third-order valence-corrected chi connectivity index (χ3v) is 3.57. The fraction of sp³-hybridized carbons (Fsp3) is 0.500. The normalized spacial score (nSPS) is 12.9. The van der Waals surface area contributed by atoms with E-state index in [1.165, 1.54) is 12.1 Å². The first-order valence-electron chi connectivity index (χ1n) is 6.19. The van der Waals surface area contributed by atoms with E-state index in [1.54, 1.807) is 13.0 Å². The molecule has 1 N–H and O–H groups in total. The molecule has 19 heavy (non-hydrogen) atoms. The summed E-state index contributed by atoms with van der Waals surface area (Å²) >= 11 is 3.26. The molecule has 0 aromatic heterocycles. The van der Waals surface area contributed by atoms with Crippen LogP contribution in [0, 0.1) is 5.82 Å². The lowest BCUT2D eigenvalue weighted by Gasteiger charge is -2.26. The van der Waals surface area contributed by atoms with E-state index < -0.39 is 11.9 Å². The minimum atomic E-state index is -0.691. The van der Waals surface area contributed by atoms with Crippen LogP contribution in [0.4, 0.5) is 4.39 Å². The van der Waals surface area contributed by atoms with Crippen LogP contribution in [-0.4, -0.2) is 17.6 Å². The topological polar surface area (TPSA) is 38.3 Å². The molecule has 0 fully saturated rings. The highest BCUT2D eigenvalue weighted by atomic mass is 79.9. The number of hydrogen-bond acceptors (Lipinski definition) is 2. The molecular weight excluding hydrogens is 313 g/mol.